The summed E-state index contributed by atoms with van der Waals surface area (Å²) in [6.07, 6.45) is 1.48. The van der Waals surface area contributed by atoms with E-state index in [1.807, 2.05) is 6.92 Å². The van der Waals surface area contributed by atoms with Gasteiger partial charge in [-0.15, -0.1) is 0 Å². The van der Waals surface area contributed by atoms with Crippen LogP contribution in [-0.4, -0.2) is 35.8 Å². The quantitative estimate of drug-likeness (QED) is 0.593. The van der Waals surface area contributed by atoms with E-state index in [0.29, 0.717) is 12.3 Å². The van der Waals surface area contributed by atoms with E-state index in [9.17, 15) is 13.6 Å². The molecule has 3 aromatic rings. The van der Waals surface area contributed by atoms with Crippen LogP contribution in [0.5, 0.6) is 0 Å². The standard InChI is InChI=1S/C21H21F2N5O2/c1-14(13-30-2)25-20-24-12-11-18(26-20)28(15-7-4-3-5-8-15)21(29)27-19-16(22)9-6-10-17(19)23/h3-12,14H,13H2,1-2H3,(H,27,29)(H,24,25,26)/t14-/m0/s1. The van der Waals surface area contributed by atoms with E-state index < -0.39 is 23.4 Å². The molecule has 1 heterocycles. The minimum absolute atomic E-state index is 0.0724. The molecule has 2 aromatic carbocycles. The summed E-state index contributed by atoms with van der Waals surface area (Å²) in [5.41, 5.74) is -0.0779. The molecular weight excluding hydrogens is 392 g/mol. The van der Waals surface area contributed by atoms with Crippen LogP contribution < -0.4 is 15.5 Å². The third-order valence-corrected chi connectivity index (χ3v) is 4.07. The van der Waals surface area contributed by atoms with E-state index >= 15 is 0 Å². The molecule has 156 valence electrons. The number of methoxy groups -OCH3 is 1. The minimum atomic E-state index is -0.880. The molecule has 1 atom stereocenters. The van der Waals surface area contributed by atoms with Gasteiger partial charge in [0, 0.05) is 25.4 Å². The van der Waals surface area contributed by atoms with Crippen molar-refractivity contribution in [3.63, 3.8) is 0 Å². The van der Waals surface area contributed by atoms with Gasteiger partial charge >= 0.3 is 6.03 Å². The molecular formula is C21H21F2N5O2. The van der Waals surface area contributed by atoms with E-state index in [-0.39, 0.29) is 17.8 Å². The lowest BCUT2D eigenvalue weighted by Crippen LogP contribution is -2.32. The van der Waals surface area contributed by atoms with Gasteiger partial charge in [0.15, 0.2) is 0 Å². The first-order valence-electron chi connectivity index (χ1n) is 9.18. The van der Waals surface area contributed by atoms with Crippen LogP contribution in [0.4, 0.5) is 36.7 Å². The van der Waals surface area contributed by atoms with Gasteiger partial charge in [0.25, 0.3) is 0 Å². The first-order valence-corrected chi connectivity index (χ1v) is 9.18. The first kappa shape index (κ1) is 21.1. The molecule has 0 aliphatic carbocycles. The lowest BCUT2D eigenvalue weighted by Gasteiger charge is -2.23. The fraction of sp³-hybridized carbons (Fsp3) is 0.190. The average Bonchev–Trinajstić information content (AvgIpc) is 2.72. The summed E-state index contributed by atoms with van der Waals surface area (Å²) in [6.45, 7) is 2.32. The van der Waals surface area contributed by atoms with Gasteiger partial charge in [-0.1, -0.05) is 24.3 Å². The number of carbonyl (C=O) groups is 1. The second kappa shape index (κ2) is 9.75. The molecule has 30 heavy (non-hydrogen) atoms. The topological polar surface area (TPSA) is 79.4 Å². The Morgan fingerprint density at radius 1 is 1.10 bits per heavy atom. The number of aromatic nitrogens is 2. The molecule has 7 nitrogen and oxygen atoms in total. The number of benzene rings is 2. The van der Waals surface area contributed by atoms with Gasteiger partial charge in [0.05, 0.1) is 12.3 Å². The van der Waals surface area contributed by atoms with Crippen molar-refractivity contribution in [1.82, 2.24) is 9.97 Å². The maximum atomic E-state index is 14.0. The Labute approximate surface area is 172 Å². The van der Waals surface area contributed by atoms with E-state index in [4.69, 9.17) is 4.74 Å². The van der Waals surface area contributed by atoms with Crippen LogP contribution in [0.25, 0.3) is 0 Å². The highest BCUT2D eigenvalue weighted by Gasteiger charge is 2.22. The van der Waals surface area contributed by atoms with Crippen LogP contribution in [0.2, 0.25) is 0 Å². The molecule has 3 rings (SSSR count). The summed E-state index contributed by atoms with van der Waals surface area (Å²) < 4.78 is 33.2. The number of anilines is 4. The van der Waals surface area contributed by atoms with Crippen molar-refractivity contribution < 1.29 is 18.3 Å². The number of amides is 2. The van der Waals surface area contributed by atoms with Crippen LogP contribution in [0, 0.1) is 11.6 Å². The summed E-state index contributed by atoms with van der Waals surface area (Å²) in [4.78, 5) is 22.8. The predicted octanol–water partition coefficient (Wildman–Crippen LogP) is 4.57. The Kier molecular flexibility index (Phi) is 6.87. The molecule has 9 heteroatoms. The number of rotatable bonds is 7. The van der Waals surface area contributed by atoms with E-state index in [1.165, 1.54) is 23.2 Å². The Balaban J connectivity index is 1.95. The van der Waals surface area contributed by atoms with Gasteiger partial charge in [0.1, 0.15) is 23.1 Å². The second-order valence-electron chi connectivity index (χ2n) is 6.44. The molecule has 1 aromatic heterocycles. The van der Waals surface area contributed by atoms with Crippen molar-refractivity contribution in [2.75, 3.05) is 29.3 Å². The van der Waals surface area contributed by atoms with Crippen molar-refractivity contribution in [2.45, 2.75) is 13.0 Å². The lowest BCUT2D eigenvalue weighted by molar-refractivity contribution is 0.190. The summed E-state index contributed by atoms with van der Waals surface area (Å²) in [7, 11) is 1.58. The van der Waals surface area contributed by atoms with Crippen molar-refractivity contribution in [3.05, 3.63) is 72.4 Å². The maximum Gasteiger partial charge on any atom is 0.332 e. The summed E-state index contributed by atoms with van der Waals surface area (Å²) >= 11 is 0. The third-order valence-electron chi connectivity index (χ3n) is 4.07. The molecule has 0 fully saturated rings. The highest BCUT2D eigenvalue weighted by molar-refractivity contribution is 6.06. The number of urea groups is 1. The number of hydrogen-bond acceptors (Lipinski definition) is 5. The van der Waals surface area contributed by atoms with Gasteiger partial charge in [-0.2, -0.15) is 4.98 Å². The number of carbonyl (C=O) groups excluding carboxylic acids is 1. The second-order valence-corrected chi connectivity index (χ2v) is 6.44. The predicted molar refractivity (Wildman–Crippen MR) is 111 cm³/mol. The molecule has 2 amide bonds. The van der Waals surface area contributed by atoms with Gasteiger partial charge in [-0.3, -0.25) is 0 Å². The van der Waals surface area contributed by atoms with Crippen molar-refractivity contribution >= 4 is 29.2 Å². The number of ether oxygens (including phenoxy) is 1. The normalized spacial score (nSPS) is 11.6. The van der Waals surface area contributed by atoms with Gasteiger partial charge in [-0.05, 0) is 31.2 Å². The summed E-state index contributed by atoms with van der Waals surface area (Å²) in [5, 5.41) is 5.36. The smallest absolute Gasteiger partial charge is 0.332 e. The average molecular weight is 413 g/mol. The summed E-state index contributed by atoms with van der Waals surface area (Å²) in [5.74, 6) is -1.26. The largest absolute Gasteiger partial charge is 0.383 e. The van der Waals surface area contributed by atoms with Crippen molar-refractivity contribution in [1.29, 1.82) is 0 Å². The van der Waals surface area contributed by atoms with Gasteiger partial charge in [0.2, 0.25) is 5.95 Å². The molecule has 0 aliphatic heterocycles. The number of nitrogens with zero attached hydrogens (tertiary/aromatic N) is 3. The van der Waals surface area contributed by atoms with E-state index in [0.717, 1.165) is 12.1 Å². The number of para-hydroxylation sites is 2. The molecule has 0 aliphatic rings. The highest BCUT2D eigenvalue weighted by Crippen LogP contribution is 2.26. The number of nitrogens with one attached hydrogen (secondary N) is 2. The van der Waals surface area contributed by atoms with Crippen LogP contribution >= 0.6 is 0 Å². The van der Waals surface area contributed by atoms with Crippen LogP contribution in [0.3, 0.4) is 0 Å². The highest BCUT2D eigenvalue weighted by atomic mass is 19.1. The van der Waals surface area contributed by atoms with Crippen LogP contribution in [0.1, 0.15) is 6.92 Å². The third kappa shape index (κ3) is 5.06. The fourth-order valence-electron chi connectivity index (χ4n) is 2.77. The first-order chi connectivity index (χ1) is 14.5. The monoisotopic (exact) mass is 413 g/mol. The molecule has 0 saturated heterocycles. The number of halogens is 2. The zero-order valence-corrected chi connectivity index (χ0v) is 16.5. The Morgan fingerprint density at radius 3 is 2.47 bits per heavy atom. The van der Waals surface area contributed by atoms with Crippen molar-refractivity contribution in [2.24, 2.45) is 0 Å². The van der Waals surface area contributed by atoms with Crippen LogP contribution in [0.15, 0.2) is 60.8 Å². The molecule has 0 radical (unpaired) electrons. The Hall–Kier alpha value is -3.59. The Bertz CT molecular complexity index is 983. The van der Waals surface area contributed by atoms with Gasteiger partial charge in [-0.25, -0.2) is 23.5 Å². The van der Waals surface area contributed by atoms with E-state index in [1.54, 1.807) is 37.4 Å². The fourth-order valence-corrected chi connectivity index (χ4v) is 2.77. The van der Waals surface area contributed by atoms with Gasteiger partial charge < -0.3 is 15.4 Å². The molecule has 0 bridgehead atoms. The molecule has 0 saturated carbocycles. The number of hydrogen-bond donors (Lipinski definition) is 2. The zero-order valence-electron chi connectivity index (χ0n) is 16.5. The zero-order chi connectivity index (χ0) is 21.5. The van der Waals surface area contributed by atoms with Crippen LogP contribution in [-0.2, 0) is 4.74 Å². The molecule has 0 unspecified atom stereocenters. The van der Waals surface area contributed by atoms with E-state index in [2.05, 4.69) is 20.6 Å². The maximum absolute atomic E-state index is 14.0. The Morgan fingerprint density at radius 2 is 1.80 bits per heavy atom. The lowest BCUT2D eigenvalue weighted by atomic mass is 10.2. The SMILES string of the molecule is COC[C@H](C)Nc1nccc(N(C(=O)Nc2c(F)cccc2F)c2ccccc2)n1. The molecule has 2 N–H and O–H groups in total. The summed E-state index contributed by atoms with van der Waals surface area (Å²) in [6, 6.07) is 12.6. The minimum Gasteiger partial charge on any atom is -0.383 e. The van der Waals surface area contributed by atoms with Crippen molar-refractivity contribution in [3.8, 4) is 0 Å². The molecule has 0 spiro atoms.